The minimum atomic E-state index is -4.29. The van der Waals surface area contributed by atoms with E-state index < -0.39 is 11.7 Å². The Morgan fingerprint density at radius 1 is 1.40 bits per heavy atom. The van der Waals surface area contributed by atoms with Crippen molar-refractivity contribution in [1.82, 2.24) is 0 Å². The summed E-state index contributed by atoms with van der Waals surface area (Å²) < 4.78 is 36.6. The lowest BCUT2D eigenvalue weighted by Crippen LogP contribution is -2.22. The van der Waals surface area contributed by atoms with Crippen molar-refractivity contribution >= 4 is 5.82 Å². The third kappa shape index (κ3) is 3.42. The van der Waals surface area contributed by atoms with Crippen LogP contribution in [0.5, 0.6) is 0 Å². The first-order valence-electron chi connectivity index (χ1n) is 4.79. The number of rotatable bonds is 3. The third-order valence-corrected chi connectivity index (χ3v) is 2.15. The lowest BCUT2D eigenvalue weighted by molar-refractivity contribution is -0.365. The lowest BCUT2D eigenvalue weighted by Gasteiger charge is -2.07. The summed E-state index contributed by atoms with van der Waals surface area (Å²) in [5, 5.41) is 3.05. The first-order chi connectivity index (χ1) is 6.93. The molecule has 0 spiro atoms. The predicted octanol–water partition coefficient (Wildman–Crippen LogP) is 2.73. The summed E-state index contributed by atoms with van der Waals surface area (Å²) >= 11 is 0. The highest BCUT2D eigenvalue weighted by molar-refractivity contribution is 5.30. The number of aromatic nitrogens is 1. The monoisotopic (exact) mass is 219 g/mol. The second kappa shape index (κ2) is 4.51. The number of nitrogens with one attached hydrogen (secondary N) is 2. The van der Waals surface area contributed by atoms with E-state index in [1.165, 1.54) is 6.07 Å². The van der Waals surface area contributed by atoms with Crippen LogP contribution in [0.3, 0.4) is 0 Å². The summed E-state index contributed by atoms with van der Waals surface area (Å²) in [6.07, 6.45) is -2.41. The zero-order valence-electron chi connectivity index (χ0n) is 8.65. The Kier molecular flexibility index (Phi) is 3.55. The van der Waals surface area contributed by atoms with E-state index in [9.17, 15) is 13.2 Å². The SMILES string of the molecule is CC[C@@H](C)Nc1ccc(C(F)(F)F)c[nH+]1. The van der Waals surface area contributed by atoms with Crippen molar-refractivity contribution in [2.75, 3.05) is 5.32 Å². The molecule has 0 aliphatic rings. The molecule has 0 aliphatic heterocycles. The van der Waals surface area contributed by atoms with Gasteiger partial charge in [-0.1, -0.05) is 6.92 Å². The average Bonchev–Trinajstić information content (AvgIpc) is 2.17. The molecule has 0 saturated carbocycles. The normalized spacial score (nSPS) is 13.7. The molecular weight excluding hydrogens is 205 g/mol. The highest BCUT2D eigenvalue weighted by Gasteiger charge is 2.31. The van der Waals surface area contributed by atoms with Gasteiger partial charge in [-0.3, -0.25) is 5.32 Å². The molecule has 1 rings (SSSR count). The fourth-order valence-electron chi connectivity index (χ4n) is 1.06. The van der Waals surface area contributed by atoms with Gasteiger partial charge in [0.05, 0.1) is 11.6 Å². The summed E-state index contributed by atoms with van der Waals surface area (Å²) in [5.41, 5.74) is -0.669. The van der Waals surface area contributed by atoms with Crippen LogP contribution in [-0.2, 0) is 6.18 Å². The summed E-state index contributed by atoms with van der Waals surface area (Å²) in [4.78, 5) is 2.58. The van der Waals surface area contributed by atoms with Crippen LogP contribution in [-0.4, -0.2) is 6.04 Å². The van der Waals surface area contributed by atoms with Crippen LogP contribution in [0, 0.1) is 0 Å². The smallest absolute Gasteiger partial charge is 0.272 e. The molecule has 0 bridgehead atoms. The minimum absolute atomic E-state index is 0.234. The van der Waals surface area contributed by atoms with Crippen molar-refractivity contribution in [3.63, 3.8) is 0 Å². The Labute approximate surface area is 86.5 Å². The number of hydrogen-bond donors (Lipinski definition) is 1. The van der Waals surface area contributed by atoms with E-state index in [0.717, 1.165) is 18.7 Å². The van der Waals surface area contributed by atoms with E-state index in [2.05, 4.69) is 10.3 Å². The third-order valence-electron chi connectivity index (χ3n) is 2.15. The van der Waals surface area contributed by atoms with Crippen LogP contribution in [0.15, 0.2) is 18.3 Å². The Balaban J connectivity index is 2.73. The maximum Gasteiger partial charge on any atom is 0.419 e. The Morgan fingerprint density at radius 3 is 2.47 bits per heavy atom. The first kappa shape index (κ1) is 11.8. The first-order valence-corrected chi connectivity index (χ1v) is 4.79. The predicted molar refractivity (Wildman–Crippen MR) is 51.4 cm³/mol. The molecule has 2 N–H and O–H groups in total. The number of aromatic amines is 1. The number of halogens is 3. The van der Waals surface area contributed by atoms with Crippen molar-refractivity contribution in [2.24, 2.45) is 0 Å². The largest absolute Gasteiger partial charge is 0.419 e. The molecule has 0 unspecified atom stereocenters. The molecule has 0 aromatic carbocycles. The van der Waals surface area contributed by atoms with Crippen LogP contribution < -0.4 is 10.3 Å². The highest BCUT2D eigenvalue weighted by Crippen LogP contribution is 2.28. The number of anilines is 1. The van der Waals surface area contributed by atoms with Gasteiger partial charge < -0.3 is 0 Å². The second-order valence-electron chi connectivity index (χ2n) is 3.44. The van der Waals surface area contributed by atoms with E-state index in [4.69, 9.17) is 0 Å². The van der Waals surface area contributed by atoms with Gasteiger partial charge in [-0.2, -0.15) is 13.2 Å². The molecule has 0 radical (unpaired) electrons. The Morgan fingerprint density at radius 2 is 2.07 bits per heavy atom. The molecule has 5 heteroatoms. The van der Waals surface area contributed by atoms with E-state index in [0.29, 0.717) is 5.82 Å². The van der Waals surface area contributed by atoms with Crippen molar-refractivity contribution in [3.8, 4) is 0 Å². The van der Waals surface area contributed by atoms with Gasteiger partial charge in [0.25, 0.3) is 5.82 Å². The highest BCUT2D eigenvalue weighted by atomic mass is 19.4. The van der Waals surface area contributed by atoms with Gasteiger partial charge in [-0.25, -0.2) is 4.98 Å². The molecule has 0 amide bonds. The van der Waals surface area contributed by atoms with Crippen LogP contribution in [0.1, 0.15) is 25.8 Å². The molecule has 1 heterocycles. The number of pyridine rings is 1. The number of hydrogen-bond acceptors (Lipinski definition) is 1. The number of alkyl halides is 3. The Hall–Kier alpha value is -1.26. The van der Waals surface area contributed by atoms with Crippen molar-refractivity contribution in [1.29, 1.82) is 0 Å². The fourth-order valence-corrected chi connectivity index (χ4v) is 1.06. The summed E-state index contributed by atoms with van der Waals surface area (Å²) in [5.74, 6) is 0.595. The van der Waals surface area contributed by atoms with Gasteiger partial charge in [0, 0.05) is 6.07 Å². The van der Waals surface area contributed by atoms with Gasteiger partial charge >= 0.3 is 6.18 Å². The van der Waals surface area contributed by atoms with Gasteiger partial charge in [0.1, 0.15) is 6.20 Å². The van der Waals surface area contributed by atoms with E-state index in [1.54, 1.807) is 0 Å². The lowest BCUT2D eigenvalue weighted by atomic mass is 10.2. The second-order valence-corrected chi connectivity index (χ2v) is 3.44. The summed E-state index contributed by atoms with van der Waals surface area (Å²) in [7, 11) is 0. The zero-order chi connectivity index (χ0) is 11.5. The van der Waals surface area contributed by atoms with E-state index in [-0.39, 0.29) is 6.04 Å². The quantitative estimate of drug-likeness (QED) is 0.831. The maximum atomic E-state index is 12.2. The summed E-state index contributed by atoms with van der Waals surface area (Å²) in [6.45, 7) is 3.97. The fraction of sp³-hybridized carbons (Fsp3) is 0.500. The molecule has 0 aliphatic carbocycles. The molecule has 1 aromatic rings. The van der Waals surface area contributed by atoms with Crippen LogP contribution >= 0.6 is 0 Å². The molecule has 84 valence electrons. The van der Waals surface area contributed by atoms with Gasteiger partial charge in [0.15, 0.2) is 0 Å². The number of H-pyrrole nitrogens is 1. The van der Waals surface area contributed by atoms with Gasteiger partial charge in [0.2, 0.25) is 0 Å². The molecular formula is C10H14F3N2+. The topological polar surface area (TPSA) is 26.2 Å². The maximum absolute atomic E-state index is 12.2. The van der Waals surface area contributed by atoms with Crippen molar-refractivity contribution in [2.45, 2.75) is 32.5 Å². The average molecular weight is 219 g/mol. The van der Waals surface area contributed by atoms with E-state index in [1.807, 2.05) is 13.8 Å². The molecule has 0 fully saturated rings. The standard InChI is InChI=1S/C10H13F3N2/c1-3-7(2)15-9-5-4-8(6-14-9)10(11,12)13/h4-7H,3H2,1-2H3,(H,14,15)/p+1/t7-/m1/s1. The van der Waals surface area contributed by atoms with Gasteiger partial charge in [-0.15, -0.1) is 0 Å². The molecule has 0 saturated heterocycles. The van der Waals surface area contributed by atoms with Crippen LogP contribution in [0.4, 0.5) is 19.0 Å². The molecule has 15 heavy (non-hydrogen) atoms. The molecule has 1 aromatic heterocycles. The molecule has 1 atom stereocenters. The van der Waals surface area contributed by atoms with E-state index >= 15 is 0 Å². The minimum Gasteiger partial charge on any atom is -0.272 e. The summed E-state index contributed by atoms with van der Waals surface area (Å²) in [6, 6.07) is 2.69. The van der Waals surface area contributed by atoms with Crippen molar-refractivity contribution < 1.29 is 18.2 Å². The van der Waals surface area contributed by atoms with Gasteiger partial charge in [-0.05, 0) is 19.4 Å². The molecule has 2 nitrogen and oxygen atoms in total. The zero-order valence-corrected chi connectivity index (χ0v) is 8.65. The van der Waals surface area contributed by atoms with Crippen molar-refractivity contribution in [3.05, 3.63) is 23.9 Å². The van der Waals surface area contributed by atoms with Crippen LogP contribution in [0.25, 0.3) is 0 Å². The van der Waals surface area contributed by atoms with Crippen LogP contribution in [0.2, 0.25) is 0 Å². The Bertz CT molecular complexity index is 305.